The summed E-state index contributed by atoms with van der Waals surface area (Å²) in [4.78, 5) is 30.1. The van der Waals surface area contributed by atoms with Crippen LogP contribution in [0.15, 0.2) is 53.4 Å². The van der Waals surface area contributed by atoms with Gasteiger partial charge in [0.15, 0.2) is 0 Å². The Kier molecular flexibility index (Phi) is 6.59. The lowest BCUT2D eigenvalue weighted by molar-refractivity contribution is -0.384. The van der Waals surface area contributed by atoms with E-state index in [4.69, 9.17) is 5.73 Å². The van der Waals surface area contributed by atoms with Crippen molar-refractivity contribution in [1.82, 2.24) is 9.88 Å². The number of likely N-dealkylation sites (N-methyl/N-ethyl adjacent to an activating group) is 1. The van der Waals surface area contributed by atoms with Crippen LogP contribution in [0.25, 0.3) is 22.5 Å². The van der Waals surface area contributed by atoms with Gasteiger partial charge in [0.1, 0.15) is 0 Å². The second kappa shape index (κ2) is 9.15. The number of nitro benzene ring substituents is 1. The molecule has 1 amide bonds. The quantitative estimate of drug-likeness (QED) is 0.321. The Morgan fingerprint density at radius 2 is 1.80 bits per heavy atom. The molecule has 7 nitrogen and oxygen atoms in total. The van der Waals surface area contributed by atoms with Gasteiger partial charge in [0, 0.05) is 23.2 Å². The van der Waals surface area contributed by atoms with Crippen LogP contribution in [-0.4, -0.2) is 47.6 Å². The molecule has 1 heterocycles. The molecular formula is C22H24N4O3S. The molecule has 0 aliphatic heterocycles. The van der Waals surface area contributed by atoms with Crippen LogP contribution in [0.3, 0.4) is 0 Å². The molecule has 0 atom stereocenters. The first kappa shape index (κ1) is 21.6. The summed E-state index contributed by atoms with van der Waals surface area (Å²) in [6.45, 7) is 0.699. The first-order valence-corrected chi connectivity index (χ1v) is 10.6. The van der Waals surface area contributed by atoms with Gasteiger partial charge in [-0.1, -0.05) is 24.3 Å². The van der Waals surface area contributed by atoms with E-state index in [2.05, 4.69) is 4.98 Å². The highest BCUT2D eigenvalue weighted by atomic mass is 32.2. The maximum Gasteiger partial charge on any atom is 0.278 e. The third-order valence-electron chi connectivity index (χ3n) is 4.91. The molecule has 3 rings (SSSR count). The summed E-state index contributed by atoms with van der Waals surface area (Å²) >= 11 is 1.64. The van der Waals surface area contributed by atoms with E-state index in [0.29, 0.717) is 29.8 Å². The van der Waals surface area contributed by atoms with Crippen molar-refractivity contribution in [1.29, 1.82) is 0 Å². The molecule has 0 spiro atoms. The summed E-state index contributed by atoms with van der Waals surface area (Å²) in [6, 6.07) is 14.3. The predicted octanol–water partition coefficient (Wildman–Crippen LogP) is 4.18. The highest BCUT2D eigenvalue weighted by Gasteiger charge is 2.27. The van der Waals surface area contributed by atoms with Crippen molar-refractivity contribution in [3.8, 4) is 22.5 Å². The average molecular weight is 425 g/mol. The predicted molar refractivity (Wildman–Crippen MR) is 121 cm³/mol. The standard InChI is InChI=1S/C22H24N4O3S/c1-25(2)13-12-17-19(22(23)27)21(16-6-4-5-7-18(16)26(28)29)24-20(17)14-8-10-15(30-3)11-9-14/h4-11,24H,12-13H2,1-3H3,(H2,23,27). The monoisotopic (exact) mass is 424 g/mol. The highest BCUT2D eigenvalue weighted by molar-refractivity contribution is 7.98. The molecule has 3 aromatic rings. The van der Waals surface area contributed by atoms with Gasteiger partial charge in [-0.2, -0.15) is 0 Å². The summed E-state index contributed by atoms with van der Waals surface area (Å²) in [6.07, 6.45) is 2.58. The Hall–Kier alpha value is -3.10. The van der Waals surface area contributed by atoms with Crippen LogP contribution in [0, 0.1) is 10.1 Å². The van der Waals surface area contributed by atoms with Gasteiger partial charge in [-0.15, -0.1) is 11.8 Å². The van der Waals surface area contributed by atoms with E-state index in [9.17, 15) is 14.9 Å². The third-order valence-corrected chi connectivity index (χ3v) is 5.65. The molecule has 2 aromatic carbocycles. The smallest absolute Gasteiger partial charge is 0.278 e. The largest absolute Gasteiger partial charge is 0.366 e. The fourth-order valence-electron chi connectivity index (χ4n) is 3.45. The number of nitrogens with zero attached hydrogens (tertiary/aromatic N) is 2. The van der Waals surface area contributed by atoms with Gasteiger partial charge in [-0.05, 0) is 56.1 Å². The van der Waals surface area contributed by atoms with E-state index >= 15 is 0 Å². The third kappa shape index (κ3) is 4.39. The van der Waals surface area contributed by atoms with E-state index in [-0.39, 0.29) is 5.69 Å². The lowest BCUT2D eigenvalue weighted by atomic mass is 9.98. The second-order valence-electron chi connectivity index (χ2n) is 7.15. The Morgan fingerprint density at radius 3 is 2.37 bits per heavy atom. The number of thioether (sulfide) groups is 1. The molecule has 156 valence electrons. The Balaban J connectivity index is 2.27. The van der Waals surface area contributed by atoms with Crippen molar-refractivity contribution < 1.29 is 9.72 Å². The lowest BCUT2D eigenvalue weighted by Gasteiger charge is -2.12. The van der Waals surface area contributed by atoms with Crippen molar-refractivity contribution in [2.45, 2.75) is 11.3 Å². The molecule has 0 unspecified atom stereocenters. The number of aromatic nitrogens is 1. The molecular weight excluding hydrogens is 400 g/mol. The average Bonchev–Trinajstić information content (AvgIpc) is 3.12. The van der Waals surface area contributed by atoms with Crippen molar-refractivity contribution in [3.63, 3.8) is 0 Å². The zero-order valence-electron chi connectivity index (χ0n) is 17.1. The highest BCUT2D eigenvalue weighted by Crippen LogP contribution is 2.38. The van der Waals surface area contributed by atoms with E-state index in [0.717, 1.165) is 21.7 Å². The number of hydrogen-bond acceptors (Lipinski definition) is 5. The fraction of sp³-hybridized carbons (Fsp3) is 0.227. The Labute approximate surface area is 179 Å². The number of H-pyrrole nitrogens is 1. The maximum absolute atomic E-state index is 12.5. The number of carbonyl (C=O) groups is 1. The number of primary amides is 1. The van der Waals surface area contributed by atoms with Crippen molar-refractivity contribution in [2.24, 2.45) is 5.73 Å². The van der Waals surface area contributed by atoms with Gasteiger partial charge in [-0.3, -0.25) is 14.9 Å². The summed E-state index contributed by atoms with van der Waals surface area (Å²) in [7, 11) is 3.90. The minimum absolute atomic E-state index is 0.0790. The molecule has 30 heavy (non-hydrogen) atoms. The number of benzene rings is 2. The normalized spacial score (nSPS) is 11.1. The van der Waals surface area contributed by atoms with E-state index in [1.54, 1.807) is 30.0 Å². The van der Waals surface area contributed by atoms with Gasteiger partial charge < -0.3 is 15.6 Å². The van der Waals surface area contributed by atoms with Gasteiger partial charge in [0.2, 0.25) is 0 Å². The van der Waals surface area contributed by atoms with Crippen molar-refractivity contribution >= 4 is 23.4 Å². The molecule has 3 N–H and O–H groups in total. The Bertz CT molecular complexity index is 1070. The van der Waals surface area contributed by atoms with Crippen LogP contribution in [-0.2, 0) is 6.42 Å². The number of aromatic amines is 1. The number of carbonyl (C=O) groups excluding carboxylic acids is 1. The number of rotatable bonds is 8. The Morgan fingerprint density at radius 1 is 1.13 bits per heavy atom. The minimum atomic E-state index is -0.611. The SMILES string of the molecule is CSc1ccc(-c2[nH]c(-c3ccccc3[N+](=O)[O-])c(C(N)=O)c2CCN(C)C)cc1. The molecule has 1 aromatic heterocycles. The number of nitro groups is 1. The van der Waals surface area contributed by atoms with Crippen LogP contribution in [0.4, 0.5) is 5.69 Å². The fourth-order valence-corrected chi connectivity index (χ4v) is 3.85. The number of nitrogens with one attached hydrogen (secondary N) is 1. The topological polar surface area (TPSA) is 105 Å². The maximum atomic E-state index is 12.5. The molecule has 0 bridgehead atoms. The van der Waals surface area contributed by atoms with E-state index in [1.165, 1.54) is 6.07 Å². The van der Waals surface area contributed by atoms with Gasteiger partial charge in [0.25, 0.3) is 11.6 Å². The molecule has 8 heteroatoms. The first-order valence-electron chi connectivity index (χ1n) is 9.41. The summed E-state index contributed by atoms with van der Waals surface area (Å²) in [5.74, 6) is -0.611. The van der Waals surface area contributed by atoms with Gasteiger partial charge >= 0.3 is 0 Å². The molecule has 0 radical (unpaired) electrons. The molecule has 0 saturated carbocycles. The molecule has 0 aliphatic rings. The van der Waals surface area contributed by atoms with Crippen LogP contribution in [0.5, 0.6) is 0 Å². The zero-order valence-corrected chi connectivity index (χ0v) is 18.0. The van der Waals surface area contributed by atoms with Crippen LogP contribution in [0.2, 0.25) is 0 Å². The van der Waals surface area contributed by atoms with E-state index in [1.807, 2.05) is 49.5 Å². The van der Waals surface area contributed by atoms with Crippen LogP contribution < -0.4 is 5.73 Å². The summed E-state index contributed by atoms with van der Waals surface area (Å²) in [5.41, 5.74) is 9.14. The summed E-state index contributed by atoms with van der Waals surface area (Å²) < 4.78 is 0. The van der Waals surface area contributed by atoms with E-state index < -0.39 is 10.8 Å². The van der Waals surface area contributed by atoms with Crippen molar-refractivity contribution in [2.75, 3.05) is 26.9 Å². The molecule has 0 fully saturated rings. The minimum Gasteiger partial charge on any atom is -0.366 e. The second-order valence-corrected chi connectivity index (χ2v) is 8.03. The number of amides is 1. The van der Waals surface area contributed by atoms with Gasteiger partial charge in [0.05, 0.1) is 21.7 Å². The molecule has 0 saturated heterocycles. The summed E-state index contributed by atoms with van der Waals surface area (Å²) in [5, 5.41) is 11.6. The number of para-hydroxylation sites is 1. The number of nitrogens with two attached hydrogens (primary N) is 1. The van der Waals surface area contributed by atoms with Crippen LogP contribution in [0.1, 0.15) is 15.9 Å². The lowest BCUT2D eigenvalue weighted by Crippen LogP contribution is -2.19. The van der Waals surface area contributed by atoms with Crippen molar-refractivity contribution in [3.05, 3.63) is 69.8 Å². The van der Waals surface area contributed by atoms with Crippen LogP contribution >= 0.6 is 11.8 Å². The molecule has 0 aliphatic carbocycles. The zero-order chi connectivity index (χ0) is 21.8. The number of hydrogen-bond donors (Lipinski definition) is 2. The first-order chi connectivity index (χ1) is 14.3. The van der Waals surface area contributed by atoms with Gasteiger partial charge in [-0.25, -0.2) is 0 Å².